The monoisotopic (exact) mass is 381 g/mol. The van der Waals surface area contributed by atoms with Crippen molar-refractivity contribution in [2.75, 3.05) is 13.7 Å². The van der Waals surface area contributed by atoms with E-state index in [1.807, 2.05) is 6.92 Å². The van der Waals surface area contributed by atoms with Gasteiger partial charge in [-0.15, -0.1) is 0 Å². The highest BCUT2D eigenvalue weighted by Crippen LogP contribution is 2.27. The lowest BCUT2D eigenvalue weighted by molar-refractivity contribution is 0.0845. The number of rotatable bonds is 5. The number of aromatic nitrogens is 1. The normalized spacial score (nSPS) is 10.4. The molecule has 0 aliphatic carbocycles. The summed E-state index contributed by atoms with van der Waals surface area (Å²) < 4.78 is 10.6. The zero-order valence-electron chi connectivity index (χ0n) is 15.4. The van der Waals surface area contributed by atoms with Gasteiger partial charge in [0, 0.05) is 11.1 Å². The van der Waals surface area contributed by atoms with Crippen molar-refractivity contribution in [2.45, 2.75) is 6.92 Å². The molecule has 8 heteroatoms. The lowest BCUT2D eigenvalue weighted by Gasteiger charge is -2.11. The van der Waals surface area contributed by atoms with Gasteiger partial charge in [-0.2, -0.15) is 0 Å². The van der Waals surface area contributed by atoms with E-state index in [2.05, 4.69) is 15.8 Å². The van der Waals surface area contributed by atoms with Gasteiger partial charge in [0.2, 0.25) is 0 Å². The zero-order chi connectivity index (χ0) is 20.1. The second kappa shape index (κ2) is 8.26. The molecule has 3 N–H and O–H groups in total. The van der Waals surface area contributed by atoms with Crippen molar-refractivity contribution < 1.29 is 19.1 Å². The number of H-pyrrole nitrogens is 1. The molecule has 3 aromatic rings. The van der Waals surface area contributed by atoms with Crippen molar-refractivity contribution in [3.8, 4) is 11.5 Å². The van der Waals surface area contributed by atoms with Crippen LogP contribution in [-0.2, 0) is 0 Å². The van der Waals surface area contributed by atoms with E-state index in [1.54, 1.807) is 30.3 Å². The molecular formula is C20H19N3O5. The van der Waals surface area contributed by atoms with Gasteiger partial charge < -0.3 is 14.5 Å². The first-order valence-electron chi connectivity index (χ1n) is 8.57. The molecular weight excluding hydrogens is 362 g/mol. The minimum atomic E-state index is -0.724. The Morgan fingerprint density at radius 2 is 1.75 bits per heavy atom. The summed E-state index contributed by atoms with van der Waals surface area (Å²) in [6.07, 6.45) is 0. The van der Waals surface area contributed by atoms with Crippen LogP contribution in [0.25, 0.3) is 10.9 Å². The number of amides is 2. The Kier molecular flexibility index (Phi) is 5.59. The third-order valence-electron chi connectivity index (χ3n) is 4.01. The molecule has 0 unspecified atom stereocenters. The van der Waals surface area contributed by atoms with Crippen LogP contribution in [0.15, 0.2) is 53.3 Å². The number of carbonyl (C=O) groups excluding carboxylic acids is 2. The molecule has 144 valence electrons. The third-order valence-corrected chi connectivity index (χ3v) is 4.01. The van der Waals surface area contributed by atoms with Crippen LogP contribution in [-0.4, -0.2) is 30.5 Å². The van der Waals surface area contributed by atoms with Crippen LogP contribution >= 0.6 is 0 Å². The molecule has 28 heavy (non-hydrogen) atoms. The summed E-state index contributed by atoms with van der Waals surface area (Å²) in [7, 11) is 1.47. The van der Waals surface area contributed by atoms with Gasteiger partial charge in [0.1, 0.15) is 5.56 Å². The fourth-order valence-corrected chi connectivity index (χ4v) is 2.65. The highest BCUT2D eigenvalue weighted by atomic mass is 16.5. The van der Waals surface area contributed by atoms with Crippen molar-refractivity contribution in [2.24, 2.45) is 0 Å². The largest absolute Gasteiger partial charge is 0.493 e. The van der Waals surface area contributed by atoms with Gasteiger partial charge in [0.25, 0.3) is 17.4 Å². The average Bonchev–Trinajstić information content (AvgIpc) is 2.71. The Balaban J connectivity index is 1.73. The summed E-state index contributed by atoms with van der Waals surface area (Å²) in [5.74, 6) is -0.384. The smallest absolute Gasteiger partial charge is 0.275 e. The van der Waals surface area contributed by atoms with E-state index in [9.17, 15) is 14.4 Å². The van der Waals surface area contributed by atoms with E-state index in [-0.39, 0.29) is 11.1 Å². The van der Waals surface area contributed by atoms with E-state index in [1.165, 1.54) is 25.3 Å². The first-order chi connectivity index (χ1) is 13.5. The number of hydrazine groups is 1. The van der Waals surface area contributed by atoms with Crippen LogP contribution in [0.1, 0.15) is 27.6 Å². The maximum atomic E-state index is 12.3. The number of hydrogen-bond donors (Lipinski definition) is 3. The molecule has 0 aliphatic heterocycles. The minimum Gasteiger partial charge on any atom is -0.493 e. The molecule has 0 radical (unpaired) electrons. The SMILES string of the molecule is CCOc1ccc(C(=O)NNC(=O)c2cc3ccccc3[nH]c2=O)cc1OC. The van der Waals surface area contributed by atoms with Gasteiger partial charge in [-0.05, 0) is 42.6 Å². The van der Waals surface area contributed by atoms with Gasteiger partial charge >= 0.3 is 0 Å². The summed E-state index contributed by atoms with van der Waals surface area (Å²) in [6.45, 7) is 2.29. The number of benzene rings is 2. The fourth-order valence-electron chi connectivity index (χ4n) is 2.65. The summed E-state index contributed by atoms with van der Waals surface area (Å²) in [5, 5.41) is 0.704. The molecule has 8 nitrogen and oxygen atoms in total. The summed E-state index contributed by atoms with van der Waals surface area (Å²) in [4.78, 5) is 39.4. The minimum absolute atomic E-state index is 0.108. The highest BCUT2D eigenvalue weighted by Gasteiger charge is 2.15. The maximum Gasteiger partial charge on any atom is 0.275 e. The van der Waals surface area contributed by atoms with Crippen molar-refractivity contribution in [1.29, 1.82) is 0 Å². The summed E-state index contributed by atoms with van der Waals surface area (Å²) in [5.41, 5.74) is 4.76. The van der Waals surface area contributed by atoms with E-state index in [0.29, 0.717) is 29.0 Å². The number of ether oxygens (including phenoxy) is 2. The van der Waals surface area contributed by atoms with Crippen LogP contribution in [0.5, 0.6) is 11.5 Å². The standard InChI is InChI=1S/C20H19N3O5/c1-3-28-16-9-8-13(11-17(16)27-2)18(24)22-23-20(26)14-10-12-6-4-5-7-15(12)21-19(14)25/h4-11H,3H2,1-2H3,(H,21,25)(H,22,24)(H,23,26). The molecule has 2 aromatic carbocycles. The molecule has 0 aliphatic rings. The Morgan fingerprint density at radius 3 is 2.50 bits per heavy atom. The Hall–Kier alpha value is -3.81. The van der Waals surface area contributed by atoms with Gasteiger partial charge in [-0.1, -0.05) is 18.2 Å². The van der Waals surface area contributed by atoms with Crippen LogP contribution in [0, 0.1) is 0 Å². The van der Waals surface area contributed by atoms with Gasteiger partial charge in [-0.25, -0.2) is 0 Å². The van der Waals surface area contributed by atoms with Crippen molar-refractivity contribution in [1.82, 2.24) is 15.8 Å². The van der Waals surface area contributed by atoms with Crippen molar-refractivity contribution >= 4 is 22.7 Å². The predicted molar refractivity (Wildman–Crippen MR) is 104 cm³/mol. The number of methoxy groups -OCH3 is 1. The van der Waals surface area contributed by atoms with Crippen molar-refractivity contribution in [3.63, 3.8) is 0 Å². The quantitative estimate of drug-likeness (QED) is 0.586. The molecule has 0 saturated carbocycles. The second-order valence-corrected chi connectivity index (χ2v) is 5.81. The Morgan fingerprint density at radius 1 is 1.00 bits per heavy atom. The lowest BCUT2D eigenvalue weighted by atomic mass is 10.1. The second-order valence-electron chi connectivity index (χ2n) is 5.81. The number of hydrogen-bond acceptors (Lipinski definition) is 5. The first-order valence-corrected chi connectivity index (χ1v) is 8.57. The molecule has 1 heterocycles. The summed E-state index contributed by atoms with van der Waals surface area (Å²) in [6, 6.07) is 13.2. The predicted octanol–water partition coefficient (Wildman–Crippen LogP) is 2.01. The van der Waals surface area contributed by atoms with E-state index in [4.69, 9.17) is 9.47 Å². The van der Waals surface area contributed by atoms with Crippen LogP contribution in [0.3, 0.4) is 0 Å². The van der Waals surface area contributed by atoms with Crippen LogP contribution < -0.4 is 25.9 Å². The van der Waals surface area contributed by atoms with E-state index >= 15 is 0 Å². The molecule has 2 amide bonds. The Bertz CT molecular complexity index is 1090. The number of fused-ring (bicyclic) bond motifs is 1. The zero-order valence-corrected chi connectivity index (χ0v) is 15.4. The van der Waals surface area contributed by atoms with Gasteiger partial charge in [-0.3, -0.25) is 25.2 Å². The average molecular weight is 381 g/mol. The summed E-state index contributed by atoms with van der Waals surface area (Å²) >= 11 is 0. The molecule has 0 bridgehead atoms. The first kappa shape index (κ1) is 19.0. The maximum absolute atomic E-state index is 12.3. The number of carbonyl (C=O) groups is 2. The molecule has 0 fully saturated rings. The molecule has 0 atom stereocenters. The van der Waals surface area contributed by atoms with E-state index in [0.717, 1.165) is 0 Å². The molecule has 3 rings (SSSR count). The van der Waals surface area contributed by atoms with Gasteiger partial charge in [0.15, 0.2) is 11.5 Å². The highest BCUT2D eigenvalue weighted by molar-refractivity contribution is 6.00. The molecule has 0 spiro atoms. The lowest BCUT2D eigenvalue weighted by Crippen LogP contribution is -2.43. The Labute approximate surface area is 160 Å². The number of aromatic amines is 1. The van der Waals surface area contributed by atoms with Gasteiger partial charge in [0.05, 0.1) is 13.7 Å². The van der Waals surface area contributed by atoms with Crippen molar-refractivity contribution in [3.05, 3.63) is 70.0 Å². The van der Waals surface area contributed by atoms with E-state index < -0.39 is 17.4 Å². The fraction of sp³-hybridized carbons (Fsp3) is 0.150. The molecule has 0 saturated heterocycles. The van der Waals surface area contributed by atoms with Crippen LogP contribution in [0.2, 0.25) is 0 Å². The van der Waals surface area contributed by atoms with Crippen LogP contribution in [0.4, 0.5) is 0 Å². The number of para-hydroxylation sites is 1. The topological polar surface area (TPSA) is 110 Å². The number of pyridine rings is 1. The third kappa shape index (κ3) is 3.96. The number of nitrogens with one attached hydrogen (secondary N) is 3. The molecule has 1 aromatic heterocycles.